The molecule has 2 aromatic carbocycles. The summed E-state index contributed by atoms with van der Waals surface area (Å²) in [6, 6.07) is 11.8. The molecular weight excluding hydrogens is 367 g/mol. The molecule has 0 radical (unpaired) electrons. The highest BCUT2D eigenvalue weighted by atomic mass is 32.2. The summed E-state index contributed by atoms with van der Waals surface area (Å²) in [7, 11) is 1.54. The fraction of sp³-hybridized carbons (Fsp3) is 0.300. The van der Waals surface area contributed by atoms with E-state index in [1.165, 1.54) is 24.9 Å². The maximum Gasteiger partial charge on any atom is 0.227 e. The van der Waals surface area contributed by atoms with Crippen LogP contribution in [0.4, 0.5) is 15.8 Å². The average Bonchev–Trinajstić information content (AvgIpc) is 3.09. The van der Waals surface area contributed by atoms with Gasteiger partial charge in [-0.25, -0.2) is 4.39 Å². The van der Waals surface area contributed by atoms with Crippen LogP contribution in [-0.2, 0) is 9.59 Å². The minimum Gasteiger partial charge on any atom is -0.494 e. The number of anilines is 2. The van der Waals surface area contributed by atoms with Gasteiger partial charge < -0.3 is 15.0 Å². The van der Waals surface area contributed by atoms with Gasteiger partial charge in [0.15, 0.2) is 0 Å². The van der Waals surface area contributed by atoms with Gasteiger partial charge in [-0.2, -0.15) is 0 Å². The number of thioether (sulfide) groups is 1. The average molecular weight is 388 g/mol. The fourth-order valence-corrected chi connectivity index (χ4v) is 3.81. The first kappa shape index (κ1) is 19.2. The van der Waals surface area contributed by atoms with Crippen molar-refractivity contribution in [3.63, 3.8) is 0 Å². The zero-order chi connectivity index (χ0) is 19.2. The Morgan fingerprint density at radius 1 is 1.30 bits per heavy atom. The highest BCUT2D eigenvalue weighted by Gasteiger charge is 2.24. The van der Waals surface area contributed by atoms with E-state index in [2.05, 4.69) is 5.32 Å². The Morgan fingerprint density at radius 2 is 2.11 bits per heavy atom. The van der Waals surface area contributed by atoms with Crippen LogP contribution in [0.3, 0.4) is 0 Å². The highest BCUT2D eigenvalue weighted by molar-refractivity contribution is 7.99. The van der Waals surface area contributed by atoms with Crippen LogP contribution in [0.15, 0.2) is 47.4 Å². The van der Waals surface area contributed by atoms with Crippen LogP contribution in [0.1, 0.15) is 19.3 Å². The SMILES string of the molecule is COc1cc(NC(=O)CCSc2ccccc2F)ccc1N1CCCC1=O. The predicted molar refractivity (Wildman–Crippen MR) is 105 cm³/mol. The number of amides is 2. The normalized spacial score (nSPS) is 13.7. The van der Waals surface area contributed by atoms with Gasteiger partial charge in [0.2, 0.25) is 11.8 Å². The van der Waals surface area contributed by atoms with Crippen molar-refractivity contribution in [1.29, 1.82) is 0 Å². The number of carbonyl (C=O) groups excluding carboxylic acids is 2. The Morgan fingerprint density at radius 3 is 2.81 bits per heavy atom. The van der Waals surface area contributed by atoms with Crippen molar-refractivity contribution in [3.05, 3.63) is 48.3 Å². The summed E-state index contributed by atoms with van der Waals surface area (Å²) in [5.74, 6) is 0.661. The van der Waals surface area contributed by atoms with E-state index >= 15 is 0 Å². The quantitative estimate of drug-likeness (QED) is 0.726. The summed E-state index contributed by atoms with van der Waals surface area (Å²) in [6.07, 6.45) is 1.63. The molecule has 3 rings (SSSR count). The van der Waals surface area contributed by atoms with E-state index < -0.39 is 0 Å². The molecule has 5 nitrogen and oxygen atoms in total. The van der Waals surface area contributed by atoms with Crippen LogP contribution in [-0.4, -0.2) is 31.2 Å². The molecule has 0 aromatic heterocycles. The Hall–Kier alpha value is -2.54. The summed E-state index contributed by atoms with van der Waals surface area (Å²) in [5.41, 5.74) is 1.32. The van der Waals surface area contributed by atoms with Gasteiger partial charge in [0, 0.05) is 41.8 Å². The van der Waals surface area contributed by atoms with Crippen LogP contribution in [0, 0.1) is 5.82 Å². The van der Waals surface area contributed by atoms with E-state index in [9.17, 15) is 14.0 Å². The van der Waals surface area contributed by atoms with Gasteiger partial charge in [-0.3, -0.25) is 9.59 Å². The van der Waals surface area contributed by atoms with Crippen LogP contribution in [0.2, 0.25) is 0 Å². The minimum atomic E-state index is -0.278. The summed E-state index contributed by atoms with van der Waals surface area (Å²) in [6.45, 7) is 0.675. The lowest BCUT2D eigenvalue weighted by Gasteiger charge is -2.19. The van der Waals surface area contributed by atoms with E-state index in [4.69, 9.17) is 4.74 Å². The second-order valence-electron chi connectivity index (χ2n) is 6.11. The molecule has 0 unspecified atom stereocenters. The molecule has 1 fully saturated rings. The standard InChI is InChI=1S/C20H21FN2O3S/c1-26-17-13-14(8-9-16(17)23-11-4-7-20(23)25)22-19(24)10-12-27-18-6-3-2-5-15(18)21/h2-3,5-6,8-9,13H,4,7,10-12H2,1H3,(H,22,24). The minimum absolute atomic E-state index is 0.0789. The van der Waals surface area contributed by atoms with E-state index in [1.54, 1.807) is 41.3 Å². The van der Waals surface area contributed by atoms with Gasteiger partial charge in [-0.1, -0.05) is 12.1 Å². The van der Waals surface area contributed by atoms with Crippen molar-refractivity contribution in [2.45, 2.75) is 24.2 Å². The molecule has 0 atom stereocenters. The van der Waals surface area contributed by atoms with Crippen molar-refractivity contribution in [2.75, 3.05) is 29.6 Å². The number of methoxy groups -OCH3 is 1. The molecule has 0 spiro atoms. The van der Waals surface area contributed by atoms with Crippen LogP contribution in [0.25, 0.3) is 0 Å². The Kier molecular flexibility index (Phi) is 6.34. The number of hydrogen-bond donors (Lipinski definition) is 1. The van der Waals surface area contributed by atoms with Gasteiger partial charge in [-0.05, 0) is 30.7 Å². The molecule has 2 aromatic rings. The number of hydrogen-bond acceptors (Lipinski definition) is 4. The van der Waals surface area contributed by atoms with Crippen molar-refractivity contribution in [1.82, 2.24) is 0 Å². The highest BCUT2D eigenvalue weighted by Crippen LogP contribution is 2.34. The van der Waals surface area contributed by atoms with E-state index in [0.717, 1.165) is 6.42 Å². The van der Waals surface area contributed by atoms with Crippen molar-refractivity contribution < 1.29 is 18.7 Å². The topological polar surface area (TPSA) is 58.6 Å². The Bertz CT molecular complexity index is 844. The third kappa shape index (κ3) is 4.80. The van der Waals surface area contributed by atoms with E-state index in [0.29, 0.717) is 40.7 Å². The summed E-state index contributed by atoms with van der Waals surface area (Å²) in [5, 5.41) is 2.82. The van der Waals surface area contributed by atoms with Crippen molar-refractivity contribution >= 4 is 35.0 Å². The monoisotopic (exact) mass is 388 g/mol. The molecule has 7 heteroatoms. The zero-order valence-corrected chi connectivity index (χ0v) is 15.9. The zero-order valence-electron chi connectivity index (χ0n) is 15.0. The summed E-state index contributed by atoms with van der Waals surface area (Å²) >= 11 is 1.31. The van der Waals surface area contributed by atoms with E-state index in [1.807, 2.05) is 0 Å². The molecule has 1 aliphatic heterocycles. The molecule has 0 aliphatic carbocycles. The number of nitrogens with zero attached hydrogens (tertiary/aromatic N) is 1. The van der Waals surface area contributed by atoms with Gasteiger partial charge in [-0.15, -0.1) is 11.8 Å². The van der Waals surface area contributed by atoms with Crippen LogP contribution < -0.4 is 15.0 Å². The first-order chi connectivity index (χ1) is 13.1. The number of nitrogens with one attached hydrogen (secondary N) is 1. The Labute approximate surface area is 161 Å². The predicted octanol–water partition coefficient (Wildman–Crippen LogP) is 4.08. The Balaban J connectivity index is 1.57. The lowest BCUT2D eigenvalue weighted by Crippen LogP contribution is -2.24. The van der Waals surface area contributed by atoms with Gasteiger partial charge in [0.1, 0.15) is 11.6 Å². The molecule has 1 aliphatic rings. The molecule has 2 amide bonds. The molecule has 1 N–H and O–H groups in total. The molecular formula is C20H21FN2O3S. The maximum absolute atomic E-state index is 13.6. The number of carbonyl (C=O) groups is 2. The second-order valence-corrected chi connectivity index (χ2v) is 7.25. The molecule has 142 valence electrons. The largest absolute Gasteiger partial charge is 0.494 e. The molecule has 1 saturated heterocycles. The number of benzene rings is 2. The number of rotatable bonds is 7. The fourth-order valence-electron chi connectivity index (χ4n) is 2.92. The molecule has 27 heavy (non-hydrogen) atoms. The molecule has 0 saturated carbocycles. The smallest absolute Gasteiger partial charge is 0.227 e. The first-order valence-electron chi connectivity index (χ1n) is 8.74. The summed E-state index contributed by atoms with van der Waals surface area (Å²) < 4.78 is 19.0. The third-order valence-corrected chi connectivity index (χ3v) is 5.30. The number of ether oxygens (including phenoxy) is 1. The lowest BCUT2D eigenvalue weighted by molar-refractivity contribution is -0.117. The number of halogens is 1. The van der Waals surface area contributed by atoms with Gasteiger partial charge in [0.25, 0.3) is 0 Å². The lowest BCUT2D eigenvalue weighted by atomic mass is 10.2. The van der Waals surface area contributed by atoms with E-state index in [-0.39, 0.29) is 24.1 Å². The first-order valence-corrected chi connectivity index (χ1v) is 9.72. The van der Waals surface area contributed by atoms with Crippen LogP contribution >= 0.6 is 11.8 Å². The van der Waals surface area contributed by atoms with Gasteiger partial charge in [0.05, 0.1) is 12.8 Å². The summed E-state index contributed by atoms with van der Waals surface area (Å²) in [4.78, 5) is 26.3. The van der Waals surface area contributed by atoms with Crippen LogP contribution in [0.5, 0.6) is 5.75 Å². The maximum atomic E-state index is 13.6. The van der Waals surface area contributed by atoms with Crippen molar-refractivity contribution in [3.8, 4) is 5.75 Å². The molecule has 0 bridgehead atoms. The molecule has 1 heterocycles. The van der Waals surface area contributed by atoms with Gasteiger partial charge >= 0.3 is 0 Å². The van der Waals surface area contributed by atoms with Crippen molar-refractivity contribution in [2.24, 2.45) is 0 Å². The third-order valence-electron chi connectivity index (χ3n) is 4.25. The second kappa shape index (κ2) is 8.90.